The van der Waals surface area contributed by atoms with Crippen molar-refractivity contribution in [2.75, 3.05) is 25.9 Å². The smallest absolute Gasteiger partial charge is 0.242 e. The van der Waals surface area contributed by atoms with Crippen LogP contribution in [0.1, 0.15) is 19.2 Å². The fourth-order valence-electron chi connectivity index (χ4n) is 3.70. The summed E-state index contributed by atoms with van der Waals surface area (Å²) in [7, 11) is -3.33. The number of rotatable bonds is 6. The van der Waals surface area contributed by atoms with Gasteiger partial charge >= 0.3 is 0 Å². The van der Waals surface area contributed by atoms with Crippen molar-refractivity contribution in [1.29, 1.82) is 0 Å². The second-order valence-electron chi connectivity index (χ2n) is 6.89. The van der Waals surface area contributed by atoms with Gasteiger partial charge in [0.1, 0.15) is 11.9 Å². The second kappa shape index (κ2) is 7.33. The Labute approximate surface area is 152 Å². The van der Waals surface area contributed by atoms with Gasteiger partial charge < -0.3 is 15.2 Å². The Balaban J connectivity index is 1.76. The van der Waals surface area contributed by atoms with E-state index in [0.29, 0.717) is 26.1 Å². The van der Waals surface area contributed by atoms with Crippen molar-refractivity contribution in [3.63, 3.8) is 0 Å². The highest BCUT2D eigenvalue weighted by atomic mass is 32.2. The highest BCUT2D eigenvalue weighted by Gasteiger charge is 2.45. The van der Waals surface area contributed by atoms with Crippen molar-refractivity contribution in [3.05, 3.63) is 18.2 Å². The van der Waals surface area contributed by atoms with Gasteiger partial charge in [-0.25, -0.2) is 18.1 Å². The fraction of sp³-hybridized carbons (Fsp3) is 0.667. The number of hydrogen-bond acceptors (Lipinski definition) is 6. The number of nitrogens with one attached hydrogen (secondary N) is 3. The van der Waals surface area contributed by atoms with Crippen LogP contribution in [0.25, 0.3) is 0 Å². The van der Waals surface area contributed by atoms with Crippen LogP contribution in [0.5, 0.6) is 0 Å². The van der Waals surface area contributed by atoms with E-state index in [1.807, 2.05) is 4.90 Å². The molecule has 2 saturated heterocycles. The predicted molar refractivity (Wildman–Crippen MR) is 93.4 cm³/mol. The maximum Gasteiger partial charge on any atom is 0.242 e. The van der Waals surface area contributed by atoms with Crippen LogP contribution in [-0.4, -0.2) is 84.0 Å². The molecule has 2 fully saturated rings. The Kier molecular flexibility index (Phi) is 5.30. The molecular formula is C15H24N6O4S. The number of piperazine rings is 1. The summed E-state index contributed by atoms with van der Waals surface area (Å²) < 4.78 is 25.6. The molecule has 26 heavy (non-hydrogen) atoms. The standard InChI is InChI=1S/C15H24N6O4S/c1-10(22)18-6-13-15(23)21-7-11(19-26(2,24)25)5-12(21)8-20(13)9-14-16-3-4-17-14/h3-4,11-13,19H,5-9H2,1-2H3,(H,16,17)(H,18,22)/t11-,12-,13-/m0/s1. The average Bonchev–Trinajstić information content (AvgIpc) is 3.14. The lowest BCUT2D eigenvalue weighted by molar-refractivity contribution is -0.144. The van der Waals surface area contributed by atoms with Crippen LogP contribution in [0.3, 0.4) is 0 Å². The molecule has 0 bridgehead atoms. The molecule has 2 amide bonds. The number of carbonyl (C=O) groups excluding carboxylic acids is 2. The van der Waals surface area contributed by atoms with Crippen molar-refractivity contribution in [1.82, 2.24) is 29.8 Å². The number of carbonyl (C=O) groups is 2. The van der Waals surface area contributed by atoms with E-state index in [9.17, 15) is 18.0 Å². The van der Waals surface area contributed by atoms with E-state index in [0.717, 1.165) is 12.1 Å². The lowest BCUT2D eigenvalue weighted by atomic mass is 10.1. The van der Waals surface area contributed by atoms with E-state index in [1.165, 1.54) is 6.92 Å². The maximum absolute atomic E-state index is 13.0. The molecule has 0 aliphatic carbocycles. The number of aromatic nitrogens is 2. The van der Waals surface area contributed by atoms with E-state index >= 15 is 0 Å². The van der Waals surface area contributed by atoms with Crippen molar-refractivity contribution in [3.8, 4) is 0 Å². The Morgan fingerprint density at radius 3 is 2.81 bits per heavy atom. The van der Waals surface area contributed by atoms with Gasteiger partial charge in [0.05, 0.1) is 12.8 Å². The Morgan fingerprint density at radius 2 is 2.19 bits per heavy atom. The zero-order valence-corrected chi connectivity index (χ0v) is 15.6. The van der Waals surface area contributed by atoms with Crippen LogP contribution in [0.15, 0.2) is 12.4 Å². The summed E-state index contributed by atoms with van der Waals surface area (Å²) in [6, 6.07) is -0.855. The van der Waals surface area contributed by atoms with E-state index < -0.39 is 16.1 Å². The van der Waals surface area contributed by atoms with Gasteiger partial charge in [-0.3, -0.25) is 14.5 Å². The normalized spacial score (nSPS) is 26.8. The van der Waals surface area contributed by atoms with Gasteiger partial charge in [0, 0.05) is 51.0 Å². The Hall–Kier alpha value is -1.98. The molecule has 2 aliphatic rings. The summed E-state index contributed by atoms with van der Waals surface area (Å²) in [6.45, 7) is 3.02. The first-order valence-electron chi connectivity index (χ1n) is 8.47. The van der Waals surface area contributed by atoms with E-state index in [-0.39, 0.29) is 30.4 Å². The number of fused-ring (bicyclic) bond motifs is 1. The third-order valence-electron chi connectivity index (χ3n) is 4.70. The second-order valence-corrected chi connectivity index (χ2v) is 8.67. The topological polar surface area (TPSA) is 128 Å². The quantitative estimate of drug-likeness (QED) is 0.534. The van der Waals surface area contributed by atoms with Gasteiger partial charge in [-0.1, -0.05) is 0 Å². The molecule has 0 saturated carbocycles. The summed E-state index contributed by atoms with van der Waals surface area (Å²) >= 11 is 0. The molecule has 144 valence electrons. The first kappa shape index (κ1) is 18.8. The minimum absolute atomic E-state index is 0.0645. The number of sulfonamides is 1. The lowest BCUT2D eigenvalue weighted by Gasteiger charge is -2.42. The zero-order chi connectivity index (χ0) is 18.9. The van der Waals surface area contributed by atoms with Crippen LogP contribution < -0.4 is 10.0 Å². The van der Waals surface area contributed by atoms with Crippen LogP contribution in [0.2, 0.25) is 0 Å². The van der Waals surface area contributed by atoms with Crippen LogP contribution >= 0.6 is 0 Å². The highest BCUT2D eigenvalue weighted by Crippen LogP contribution is 2.27. The molecule has 2 aliphatic heterocycles. The van der Waals surface area contributed by atoms with Crippen molar-refractivity contribution >= 4 is 21.8 Å². The minimum atomic E-state index is -3.33. The number of H-pyrrole nitrogens is 1. The maximum atomic E-state index is 13.0. The molecule has 0 spiro atoms. The molecule has 0 unspecified atom stereocenters. The zero-order valence-electron chi connectivity index (χ0n) is 14.8. The number of hydrogen-bond donors (Lipinski definition) is 3. The molecule has 3 heterocycles. The molecule has 0 aromatic carbocycles. The minimum Gasteiger partial charge on any atom is -0.354 e. The first-order valence-corrected chi connectivity index (χ1v) is 10.4. The third kappa shape index (κ3) is 4.40. The molecule has 1 aromatic heterocycles. The monoisotopic (exact) mass is 384 g/mol. The number of imidazole rings is 1. The summed E-state index contributed by atoms with van der Waals surface area (Å²) in [5.41, 5.74) is 0. The van der Waals surface area contributed by atoms with Crippen molar-refractivity contribution < 1.29 is 18.0 Å². The van der Waals surface area contributed by atoms with Gasteiger partial charge in [0.25, 0.3) is 0 Å². The predicted octanol–water partition coefficient (Wildman–Crippen LogP) is -1.75. The van der Waals surface area contributed by atoms with E-state index in [4.69, 9.17) is 0 Å². The molecule has 10 nitrogen and oxygen atoms in total. The molecule has 3 rings (SSSR count). The third-order valence-corrected chi connectivity index (χ3v) is 5.46. The first-order chi connectivity index (χ1) is 12.2. The number of nitrogens with zero attached hydrogens (tertiary/aromatic N) is 3. The van der Waals surface area contributed by atoms with Gasteiger partial charge in [-0.15, -0.1) is 0 Å². The Morgan fingerprint density at radius 1 is 1.42 bits per heavy atom. The van der Waals surface area contributed by atoms with Gasteiger partial charge in [0.15, 0.2) is 0 Å². The molecule has 1 aromatic rings. The van der Waals surface area contributed by atoms with Crippen molar-refractivity contribution in [2.24, 2.45) is 0 Å². The van der Waals surface area contributed by atoms with Crippen molar-refractivity contribution in [2.45, 2.75) is 38.0 Å². The van der Waals surface area contributed by atoms with Gasteiger partial charge in [-0.2, -0.15) is 0 Å². The SMILES string of the molecule is CC(=O)NC[C@H]1C(=O)N2C[C@@H](NS(C)(=O)=O)C[C@H]2CN1Cc1ncc[nH]1. The number of amides is 2. The average molecular weight is 384 g/mol. The Bertz CT molecular complexity index is 765. The fourth-order valence-corrected chi connectivity index (χ4v) is 4.48. The lowest BCUT2D eigenvalue weighted by Crippen LogP contribution is -2.62. The molecule has 3 atom stereocenters. The largest absolute Gasteiger partial charge is 0.354 e. The van der Waals surface area contributed by atoms with E-state index in [1.54, 1.807) is 17.3 Å². The van der Waals surface area contributed by atoms with Crippen LogP contribution in [-0.2, 0) is 26.2 Å². The van der Waals surface area contributed by atoms with Crippen LogP contribution in [0, 0.1) is 0 Å². The molecule has 11 heteroatoms. The van der Waals surface area contributed by atoms with Crippen LogP contribution in [0.4, 0.5) is 0 Å². The molecule has 0 radical (unpaired) electrons. The number of aromatic amines is 1. The van der Waals surface area contributed by atoms with E-state index in [2.05, 4.69) is 20.0 Å². The highest BCUT2D eigenvalue weighted by molar-refractivity contribution is 7.88. The van der Waals surface area contributed by atoms with Gasteiger partial charge in [0.2, 0.25) is 21.8 Å². The molecular weight excluding hydrogens is 360 g/mol. The molecule has 3 N–H and O–H groups in total. The summed E-state index contributed by atoms with van der Waals surface area (Å²) in [5.74, 6) is 0.443. The summed E-state index contributed by atoms with van der Waals surface area (Å²) in [6.07, 6.45) is 5.06. The van der Waals surface area contributed by atoms with Gasteiger partial charge in [-0.05, 0) is 6.42 Å². The summed E-state index contributed by atoms with van der Waals surface area (Å²) in [5, 5.41) is 2.71. The summed E-state index contributed by atoms with van der Waals surface area (Å²) in [4.78, 5) is 35.3.